The number of allylic oxidation sites excluding steroid dienone is 3. The fourth-order valence-electron chi connectivity index (χ4n) is 4.13. The van der Waals surface area contributed by atoms with Gasteiger partial charge in [0.2, 0.25) is 0 Å². The number of halogens is 2. The summed E-state index contributed by atoms with van der Waals surface area (Å²) in [6.45, 7) is 10.2. The van der Waals surface area contributed by atoms with Crippen LogP contribution in [0.25, 0.3) is 28.3 Å². The van der Waals surface area contributed by atoms with Gasteiger partial charge in [0.1, 0.15) is 17.1 Å². The summed E-state index contributed by atoms with van der Waals surface area (Å²) in [6, 6.07) is 19.7. The van der Waals surface area contributed by atoms with Crippen molar-refractivity contribution in [2.24, 2.45) is 0 Å². The SMILES string of the molecule is C=C(/C=C(/Cn1cc2nc(-c3cccc(F)c3F)nc-2cn1)OC)c1ccc(C)cc1.CCc1cccc(C(C)=O)c1. The Morgan fingerprint density at radius 2 is 1.71 bits per heavy atom. The van der Waals surface area contributed by atoms with E-state index in [1.54, 1.807) is 24.9 Å². The first-order valence-electron chi connectivity index (χ1n) is 13.4. The Bertz CT molecular complexity index is 1710. The number of fused-ring (bicyclic) bond motifs is 1. The van der Waals surface area contributed by atoms with Gasteiger partial charge in [0.25, 0.3) is 0 Å². The minimum Gasteiger partial charge on any atom is -0.499 e. The third kappa shape index (κ3) is 7.40. The highest BCUT2D eigenvalue weighted by atomic mass is 19.2. The number of Topliss-reactive ketones (excluding diaryl/α,β-unsaturated/α-hetero) is 1. The molecule has 5 rings (SSSR count). The number of carbonyl (C=O) groups is 1. The quantitative estimate of drug-likeness (QED) is 0.109. The molecular weight excluding hydrogens is 534 g/mol. The van der Waals surface area contributed by atoms with Crippen LogP contribution in [0.5, 0.6) is 0 Å². The van der Waals surface area contributed by atoms with Crippen LogP contribution in [-0.4, -0.2) is 32.6 Å². The predicted molar refractivity (Wildman–Crippen MR) is 161 cm³/mol. The number of ether oxygens (including phenoxy) is 1. The summed E-state index contributed by atoms with van der Waals surface area (Å²) < 4.78 is 34.8. The average molecular weight is 567 g/mol. The number of aromatic nitrogens is 4. The van der Waals surface area contributed by atoms with E-state index in [9.17, 15) is 13.6 Å². The normalized spacial score (nSPS) is 11.1. The molecule has 2 heterocycles. The molecule has 214 valence electrons. The lowest BCUT2D eigenvalue weighted by molar-refractivity contribution is 0.101. The van der Waals surface area contributed by atoms with E-state index in [0.717, 1.165) is 29.2 Å². The number of aryl methyl sites for hydroxylation is 2. The maximum atomic E-state index is 14.1. The van der Waals surface area contributed by atoms with Crippen LogP contribution in [0, 0.1) is 18.6 Å². The van der Waals surface area contributed by atoms with Crippen molar-refractivity contribution in [3.63, 3.8) is 0 Å². The van der Waals surface area contributed by atoms with Crippen molar-refractivity contribution in [1.29, 1.82) is 0 Å². The largest absolute Gasteiger partial charge is 0.499 e. The van der Waals surface area contributed by atoms with E-state index in [2.05, 4.69) is 28.6 Å². The van der Waals surface area contributed by atoms with Crippen LogP contribution in [0.15, 0.2) is 97.5 Å². The highest BCUT2D eigenvalue weighted by Gasteiger charge is 2.18. The molecule has 0 atom stereocenters. The van der Waals surface area contributed by atoms with Gasteiger partial charge in [0.05, 0.1) is 31.6 Å². The van der Waals surface area contributed by atoms with Gasteiger partial charge in [-0.1, -0.05) is 67.6 Å². The molecule has 0 unspecified atom stereocenters. The Kier molecular flexibility index (Phi) is 9.70. The van der Waals surface area contributed by atoms with Crippen molar-refractivity contribution in [2.75, 3.05) is 7.11 Å². The molecule has 0 aliphatic carbocycles. The Labute approximate surface area is 244 Å². The smallest absolute Gasteiger partial charge is 0.169 e. The lowest BCUT2D eigenvalue weighted by atomic mass is 10.1. The Balaban J connectivity index is 0.000000310. The van der Waals surface area contributed by atoms with Gasteiger partial charge in [0, 0.05) is 5.56 Å². The van der Waals surface area contributed by atoms with Crippen molar-refractivity contribution in [3.8, 4) is 22.8 Å². The highest BCUT2D eigenvalue weighted by molar-refractivity contribution is 5.94. The zero-order valence-electron chi connectivity index (χ0n) is 24.1. The third-order valence-electron chi connectivity index (χ3n) is 6.59. The standard InChI is InChI=1S/C24H20F2N4O.C10H12O/c1-15-7-9-17(10-8-15)16(2)11-18(31-3)13-30-14-22-21(12-27-30)28-24(29-22)19-5-4-6-20(25)23(19)26;1-3-9-5-4-6-10(7-9)8(2)11/h4-12,14H,2,13H2,1,3H3;4-7H,3H2,1-2H3/b18-11-;. The maximum absolute atomic E-state index is 14.1. The van der Waals surface area contributed by atoms with Gasteiger partial charge < -0.3 is 4.74 Å². The van der Waals surface area contributed by atoms with Crippen molar-refractivity contribution < 1.29 is 18.3 Å². The monoisotopic (exact) mass is 566 g/mol. The Morgan fingerprint density at radius 1 is 1.00 bits per heavy atom. The van der Waals surface area contributed by atoms with Gasteiger partial charge in [-0.3, -0.25) is 9.48 Å². The molecule has 3 aromatic carbocycles. The molecule has 0 fully saturated rings. The van der Waals surface area contributed by atoms with Crippen LogP contribution < -0.4 is 0 Å². The zero-order valence-corrected chi connectivity index (χ0v) is 24.1. The number of benzene rings is 3. The van der Waals surface area contributed by atoms with Gasteiger partial charge >= 0.3 is 0 Å². The number of hydrogen-bond donors (Lipinski definition) is 0. The molecular formula is C34H32F2N4O2. The van der Waals surface area contributed by atoms with Crippen molar-refractivity contribution >= 4 is 11.4 Å². The zero-order chi connectivity index (χ0) is 30.2. The number of ketones is 1. The number of imidazole rings is 1. The molecule has 0 N–H and O–H groups in total. The van der Waals surface area contributed by atoms with E-state index in [-0.39, 0.29) is 17.2 Å². The molecule has 0 amide bonds. The molecule has 0 aromatic heterocycles. The van der Waals surface area contributed by atoms with E-state index in [1.807, 2.05) is 61.5 Å². The fraction of sp³-hybridized carbons (Fsp3) is 0.176. The number of carbonyl (C=O) groups excluding carboxylic acids is 1. The molecule has 0 saturated heterocycles. The van der Waals surface area contributed by atoms with E-state index in [4.69, 9.17) is 4.74 Å². The molecule has 0 bridgehead atoms. The van der Waals surface area contributed by atoms with Gasteiger partial charge in [-0.15, -0.1) is 0 Å². The molecule has 0 radical (unpaired) electrons. The van der Waals surface area contributed by atoms with Crippen LogP contribution >= 0.6 is 0 Å². The summed E-state index contributed by atoms with van der Waals surface area (Å²) in [5.74, 6) is -1.01. The number of methoxy groups -OCH3 is 1. The van der Waals surface area contributed by atoms with Gasteiger partial charge in [0.15, 0.2) is 23.2 Å². The second kappa shape index (κ2) is 13.6. The van der Waals surface area contributed by atoms with Crippen LogP contribution in [0.4, 0.5) is 8.78 Å². The van der Waals surface area contributed by atoms with Crippen molar-refractivity contribution in [3.05, 3.63) is 131 Å². The second-order valence-corrected chi connectivity index (χ2v) is 9.71. The van der Waals surface area contributed by atoms with Gasteiger partial charge in [-0.05, 0) is 61.2 Å². The minimum atomic E-state index is -0.974. The van der Waals surface area contributed by atoms with Crippen LogP contribution in [0.1, 0.15) is 40.9 Å². The van der Waals surface area contributed by atoms with E-state index >= 15 is 0 Å². The second-order valence-electron chi connectivity index (χ2n) is 9.71. The summed E-state index contributed by atoms with van der Waals surface area (Å²) in [7, 11) is 1.58. The van der Waals surface area contributed by atoms with Gasteiger partial charge in [-0.25, -0.2) is 18.7 Å². The van der Waals surface area contributed by atoms with Crippen molar-refractivity contribution in [2.45, 2.75) is 33.7 Å². The van der Waals surface area contributed by atoms with Crippen LogP contribution in [0.2, 0.25) is 0 Å². The van der Waals surface area contributed by atoms with E-state index in [0.29, 0.717) is 23.7 Å². The molecule has 3 aromatic rings. The summed E-state index contributed by atoms with van der Waals surface area (Å²) >= 11 is 0. The van der Waals surface area contributed by atoms with Crippen molar-refractivity contribution in [1.82, 2.24) is 19.7 Å². The first-order chi connectivity index (χ1) is 20.2. The molecule has 0 saturated carbocycles. The topological polar surface area (TPSA) is 69.9 Å². The third-order valence-corrected chi connectivity index (χ3v) is 6.59. The first-order valence-corrected chi connectivity index (χ1v) is 13.4. The number of nitrogens with zero attached hydrogens (tertiary/aromatic N) is 4. The Hall–Kier alpha value is -4.98. The minimum absolute atomic E-state index is 0.00891. The van der Waals surface area contributed by atoms with Gasteiger partial charge in [-0.2, -0.15) is 5.10 Å². The average Bonchev–Trinajstić information content (AvgIpc) is 3.42. The number of rotatable bonds is 8. The molecule has 42 heavy (non-hydrogen) atoms. The molecule has 6 nitrogen and oxygen atoms in total. The van der Waals surface area contributed by atoms with Crippen LogP contribution in [0.3, 0.4) is 0 Å². The molecule has 8 heteroatoms. The summed E-state index contributed by atoms with van der Waals surface area (Å²) in [6.07, 6.45) is 6.06. The molecule has 2 aliphatic rings. The molecule has 0 spiro atoms. The number of hydrogen-bond acceptors (Lipinski definition) is 5. The lowest BCUT2D eigenvalue weighted by Gasteiger charge is -2.11. The predicted octanol–water partition coefficient (Wildman–Crippen LogP) is 7.73. The summed E-state index contributed by atoms with van der Waals surface area (Å²) in [5, 5.41) is 4.33. The summed E-state index contributed by atoms with van der Waals surface area (Å²) in [5.41, 5.74) is 6.03. The summed E-state index contributed by atoms with van der Waals surface area (Å²) in [4.78, 5) is 19.5. The first kappa shape index (κ1) is 30.0. The lowest BCUT2D eigenvalue weighted by Crippen LogP contribution is -2.08. The van der Waals surface area contributed by atoms with Crippen LogP contribution in [-0.2, 0) is 17.7 Å². The van der Waals surface area contributed by atoms with E-state index < -0.39 is 11.6 Å². The highest BCUT2D eigenvalue weighted by Crippen LogP contribution is 2.27. The maximum Gasteiger partial charge on any atom is 0.169 e. The molecule has 2 aliphatic heterocycles. The Morgan fingerprint density at radius 3 is 2.40 bits per heavy atom. The fourth-order valence-corrected chi connectivity index (χ4v) is 4.13. The van der Waals surface area contributed by atoms with E-state index in [1.165, 1.54) is 29.5 Å².